The molecule has 2 unspecified atom stereocenters. The first-order valence-electron chi connectivity index (χ1n) is 9.65. The van der Waals surface area contributed by atoms with E-state index >= 15 is 0 Å². The third-order valence-corrected chi connectivity index (χ3v) is 5.78. The number of likely N-dealkylation sites (N-methyl/N-ethyl adjacent to an activating group) is 1. The summed E-state index contributed by atoms with van der Waals surface area (Å²) in [5, 5.41) is 3.12. The molecule has 0 bridgehead atoms. The number of morpholine rings is 1. The highest BCUT2D eigenvalue weighted by Crippen LogP contribution is 2.33. The number of carbonyl (C=O) groups is 1. The summed E-state index contributed by atoms with van der Waals surface area (Å²) in [6.07, 6.45) is 0. The van der Waals surface area contributed by atoms with Gasteiger partial charge in [0.2, 0.25) is 5.91 Å². The molecule has 2 aliphatic rings. The average Bonchev–Trinajstić information content (AvgIpc) is 2.70. The van der Waals surface area contributed by atoms with Crippen LogP contribution in [0.15, 0.2) is 48.5 Å². The first kappa shape index (κ1) is 18.0. The van der Waals surface area contributed by atoms with E-state index in [1.807, 2.05) is 24.3 Å². The van der Waals surface area contributed by atoms with Crippen LogP contribution in [-0.2, 0) is 16.1 Å². The average molecular weight is 365 g/mol. The van der Waals surface area contributed by atoms with Crippen molar-refractivity contribution in [3.63, 3.8) is 0 Å². The van der Waals surface area contributed by atoms with Crippen LogP contribution in [0.1, 0.15) is 24.0 Å². The van der Waals surface area contributed by atoms with Gasteiger partial charge in [-0.3, -0.25) is 9.69 Å². The van der Waals surface area contributed by atoms with E-state index < -0.39 is 0 Å². The van der Waals surface area contributed by atoms with Gasteiger partial charge >= 0.3 is 0 Å². The highest BCUT2D eigenvalue weighted by molar-refractivity contribution is 5.97. The molecule has 2 aliphatic heterocycles. The maximum atomic E-state index is 13.1. The van der Waals surface area contributed by atoms with Crippen LogP contribution in [0.3, 0.4) is 0 Å². The molecule has 1 saturated heterocycles. The molecule has 0 spiro atoms. The zero-order valence-corrected chi connectivity index (χ0v) is 16.0. The number of anilines is 2. The van der Waals surface area contributed by atoms with Crippen LogP contribution in [0, 0.1) is 0 Å². The van der Waals surface area contributed by atoms with Gasteiger partial charge in [0.1, 0.15) is 0 Å². The number of nitrogens with one attached hydrogen (secondary N) is 1. The summed E-state index contributed by atoms with van der Waals surface area (Å²) >= 11 is 0. The number of hydrogen-bond acceptors (Lipinski definition) is 4. The van der Waals surface area contributed by atoms with Gasteiger partial charge in [0.15, 0.2) is 0 Å². The molecule has 1 N–H and O–H groups in total. The minimum atomic E-state index is -0.168. The third kappa shape index (κ3) is 3.70. The number of nitrogens with zero attached hydrogens (tertiary/aromatic N) is 2. The minimum absolute atomic E-state index is 0.0561. The Balaban J connectivity index is 1.50. The first-order chi connectivity index (χ1) is 13.1. The van der Waals surface area contributed by atoms with Crippen molar-refractivity contribution in [2.45, 2.75) is 25.4 Å². The number of fused-ring (bicyclic) bond motifs is 1. The van der Waals surface area contributed by atoms with Gasteiger partial charge in [-0.2, -0.15) is 0 Å². The van der Waals surface area contributed by atoms with Crippen LogP contribution in [0.25, 0.3) is 0 Å². The number of ether oxygens (including phenoxy) is 1. The molecule has 0 saturated carbocycles. The summed E-state index contributed by atoms with van der Waals surface area (Å²) in [6.45, 7) is 6.37. The SMILES string of the molecule is CC1C(C(=O)Nc2ccc(N3CCOCC3)cc2)c2ccccc2CN1C. The summed E-state index contributed by atoms with van der Waals surface area (Å²) in [4.78, 5) is 17.7. The van der Waals surface area contributed by atoms with E-state index in [4.69, 9.17) is 4.74 Å². The number of hydrogen-bond donors (Lipinski definition) is 1. The largest absolute Gasteiger partial charge is 0.378 e. The summed E-state index contributed by atoms with van der Waals surface area (Å²) in [7, 11) is 2.08. The van der Waals surface area contributed by atoms with Crippen LogP contribution >= 0.6 is 0 Å². The van der Waals surface area contributed by atoms with Crippen molar-refractivity contribution >= 4 is 17.3 Å². The van der Waals surface area contributed by atoms with Gasteiger partial charge in [0.25, 0.3) is 0 Å². The molecule has 0 aromatic heterocycles. The molecule has 0 radical (unpaired) electrons. The van der Waals surface area contributed by atoms with Crippen molar-refractivity contribution < 1.29 is 9.53 Å². The Morgan fingerprint density at radius 2 is 1.78 bits per heavy atom. The second-order valence-corrected chi connectivity index (χ2v) is 7.47. The van der Waals surface area contributed by atoms with E-state index in [9.17, 15) is 4.79 Å². The Morgan fingerprint density at radius 3 is 2.52 bits per heavy atom. The van der Waals surface area contributed by atoms with E-state index in [1.54, 1.807) is 0 Å². The van der Waals surface area contributed by atoms with Crippen LogP contribution in [-0.4, -0.2) is 50.2 Å². The maximum absolute atomic E-state index is 13.1. The number of amides is 1. The predicted molar refractivity (Wildman–Crippen MR) is 108 cm³/mol. The van der Waals surface area contributed by atoms with Gasteiger partial charge in [-0.1, -0.05) is 24.3 Å². The van der Waals surface area contributed by atoms with Gasteiger partial charge < -0.3 is 15.0 Å². The van der Waals surface area contributed by atoms with Crippen LogP contribution < -0.4 is 10.2 Å². The Labute approximate surface area is 160 Å². The topological polar surface area (TPSA) is 44.8 Å². The standard InChI is InChI=1S/C22H27N3O2/c1-16-21(20-6-4-3-5-17(20)15-24(16)2)22(26)23-18-7-9-19(10-8-18)25-11-13-27-14-12-25/h3-10,16,21H,11-15H2,1-2H3,(H,23,26). The Hall–Kier alpha value is -2.37. The molecule has 4 rings (SSSR count). The highest BCUT2D eigenvalue weighted by atomic mass is 16.5. The monoisotopic (exact) mass is 365 g/mol. The Morgan fingerprint density at radius 1 is 1.07 bits per heavy atom. The predicted octanol–water partition coefficient (Wildman–Crippen LogP) is 3.08. The van der Waals surface area contributed by atoms with Crippen molar-refractivity contribution in [2.75, 3.05) is 43.6 Å². The fourth-order valence-electron chi connectivity index (χ4n) is 4.07. The lowest BCUT2D eigenvalue weighted by molar-refractivity contribution is -0.119. The molecule has 2 atom stereocenters. The zero-order chi connectivity index (χ0) is 18.8. The van der Waals surface area contributed by atoms with Crippen molar-refractivity contribution in [1.82, 2.24) is 4.90 Å². The zero-order valence-electron chi connectivity index (χ0n) is 16.0. The van der Waals surface area contributed by atoms with Gasteiger partial charge in [0.05, 0.1) is 19.1 Å². The number of rotatable bonds is 3. The minimum Gasteiger partial charge on any atom is -0.378 e. The lowest BCUT2D eigenvalue weighted by Gasteiger charge is -2.37. The second kappa shape index (κ2) is 7.71. The van der Waals surface area contributed by atoms with Crippen molar-refractivity contribution in [1.29, 1.82) is 0 Å². The molecule has 2 aromatic rings. The van der Waals surface area contributed by atoms with Crippen molar-refractivity contribution in [3.8, 4) is 0 Å². The van der Waals surface area contributed by atoms with Crippen LogP contribution in [0.2, 0.25) is 0 Å². The van der Waals surface area contributed by atoms with E-state index in [0.29, 0.717) is 0 Å². The fourth-order valence-corrected chi connectivity index (χ4v) is 4.07. The lowest BCUT2D eigenvalue weighted by atomic mass is 9.83. The lowest BCUT2D eigenvalue weighted by Crippen LogP contribution is -2.43. The smallest absolute Gasteiger partial charge is 0.233 e. The molecule has 27 heavy (non-hydrogen) atoms. The van der Waals surface area contributed by atoms with E-state index in [-0.39, 0.29) is 17.9 Å². The summed E-state index contributed by atoms with van der Waals surface area (Å²) in [5.41, 5.74) is 4.40. The Bertz CT molecular complexity index is 799. The van der Waals surface area contributed by atoms with Gasteiger partial charge in [0, 0.05) is 37.1 Å². The van der Waals surface area contributed by atoms with Crippen molar-refractivity contribution in [3.05, 3.63) is 59.7 Å². The Kier molecular flexibility index (Phi) is 5.14. The quantitative estimate of drug-likeness (QED) is 0.908. The molecule has 2 aromatic carbocycles. The number of carbonyl (C=O) groups excluding carboxylic acids is 1. The summed E-state index contributed by atoms with van der Waals surface area (Å²) in [6, 6.07) is 16.6. The van der Waals surface area contributed by atoms with E-state index in [1.165, 1.54) is 11.3 Å². The molecule has 2 heterocycles. The molecule has 0 aliphatic carbocycles. The second-order valence-electron chi connectivity index (χ2n) is 7.47. The van der Waals surface area contributed by atoms with Gasteiger partial charge in [-0.15, -0.1) is 0 Å². The first-order valence-corrected chi connectivity index (χ1v) is 9.65. The van der Waals surface area contributed by atoms with E-state index in [2.05, 4.69) is 53.4 Å². The molecule has 1 fully saturated rings. The molecule has 5 heteroatoms. The fraction of sp³-hybridized carbons (Fsp3) is 0.409. The number of benzene rings is 2. The summed E-state index contributed by atoms with van der Waals surface area (Å²) < 4.78 is 5.41. The van der Waals surface area contributed by atoms with Crippen molar-refractivity contribution in [2.24, 2.45) is 0 Å². The highest BCUT2D eigenvalue weighted by Gasteiger charge is 2.35. The molecule has 5 nitrogen and oxygen atoms in total. The van der Waals surface area contributed by atoms with Crippen LogP contribution in [0.4, 0.5) is 11.4 Å². The third-order valence-electron chi connectivity index (χ3n) is 5.78. The molecular weight excluding hydrogens is 338 g/mol. The molecule has 142 valence electrons. The molecule has 1 amide bonds. The normalized spacial score (nSPS) is 23.0. The van der Waals surface area contributed by atoms with Gasteiger partial charge in [-0.05, 0) is 49.4 Å². The summed E-state index contributed by atoms with van der Waals surface area (Å²) in [5.74, 6) is -0.112. The molecular formula is C22H27N3O2. The van der Waals surface area contributed by atoms with Crippen LogP contribution in [0.5, 0.6) is 0 Å². The maximum Gasteiger partial charge on any atom is 0.233 e. The van der Waals surface area contributed by atoms with Gasteiger partial charge in [-0.25, -0.2) is 0 Å². The van der Waals surface area contributed by atoms with E-state index in [0.717, 1.165) is 44.1 Å².